The lowest BCUT2D eigenvalue weighted by molar-refractivity contribution is -0.0393. The van der Waals surface area contributed by atoms with Gasteiger partial charge in [-0.05, 0) is 33.4 Å². The van der Waals surface area contributed by atoms with Crippen molar-refractivity contribution in [3.63, 3.8) is 0 Å². The van der Waals surface area contributed by atoms with E-state index in [9.17, 15) is 9.90 Å². The molecule has 0 saturated carbocycles. The number of nitrogens with zero attached hydrogens (tertiary/aromatic N) is 3. The van der Waals surface area contributed by atoms with Gasteiger partial charge in [0.2, 0.25) is 0 Å². The smallest absolute Gasteiger partial charge is 0.276 e. The summed E-state index contributed by atoms with van der Waals surface area (Å²) in [4.78, 5) is 16.1. The molecular weight excluding hydrogens is 270 g/mol. The number of hydrogen-bond acceptors (Lipinski definition) is 5. The molecule has 118 valence electrons. The van der Waals surface area contributed by atoms with Crippen LogP contribution < -0.4 is 0 Å². The molecule has 0 radical (unpaired) electrons. The molecule has 1 aliphatic rings. The van der Waals surface area contributed by atoms with Gasteiger partial charge < -0.3 is 19.4 Å². The van der Waals surface area contributed by atoms with Gasteiger partial charge in [-0.2, -0.15) is 0 Å². The van der Waals surface area contributed by atoms with E-state index in [4.69, 9.17) is 4.52 Å². The van der Waals surface area contributed by atoms with Crippen molar-refractivity contribution in [3.8, 4) is 0 Å². The van der Waals surface area contributed by atoms with Crippen LogP contribution in [0.2, 0.25) is 0 Å². The van der Waals surface area contributed by atoms with Crippen LogP contribution in [0.5, 0.6) is 0 Å². The zero-order chi connectivity index (χ0) is 15.5. The van der Waals surface area contributed by atoms with E-state index in [1.165, 1.54) is 0 Å². The molecule has 0 unspecified atom stereocenters. The quantitative estimate of drug-likeness (QED) is 0.882. The number of rotatable bonds is 5. The second-order valence-electron chi connectivity index (χ2n) is 6.22. The van der Waals surface area contributed by atoms with Gasteiger partial charge in [0.05, 0.1) is 12.1 Å². The van der Waals surface area contributed by atoms with Gasteiger partial charge in [0.25, 0.3) is 5.91 Å². The first kappa shape index (κ1) is 16.0. The molecule has 6 heteroatoms. The molecule has 6 nitrogen and oxygen atoms in total. The molecule has 0 aromatic carbocycles. The van der Waals surface area contributed by atoms with E-state index in [-0.39, 0.29) is 5.91 Å². The molecule has 1 N–H and O–H groups in total. The number of likely N-dealkylation sites (tertiary alicyclic amines) is 1. The van der Waals surface area contributed by atoms with E-state index in [1.807, 2.05) is 19.0 Å². The molecule has 0 aliphatic carbocycles. The molecule has 1 aliphatic heterocycles. The molecule has 1 aromatic rings. The molecule has 1 atom stereocenters. The molecule has 0 bridgehead atoms. The number of carbonyl (C=O) groups is 1. The maximum absolute atomic E-state index is 12.5. The highest BCUT2D eigenvalue weighted by Crippen LogP contribution is 2.23. The summed E-state index contributed by atoms with van der Waals surface area (Å²) < 4.78 is 5.17. The Morgan fingerprint density at radius 3 is 3.00 bits per heavy atom. The van der Waals surface area contributed by atoms with Crippen LogP contribution in [0.25, 0.3) is 0 Å². The van der Waals surface area contributed by atoms with Crippen molar-refractivity contribution in [2.45, 2.75) is 38.2 Å². The molecule has 2 heterocycles. The standard InChI is InChI=1S/C15H25N3O3/c1-4-6-12-9-13(16-21-12)14(19)18-8-5-7-15(20,11-18)10-17(2)3/h9,20H,4-8,10-11H2,1-3H3/t15-/m1/s1. The van der Waals surface area contributed by atoms with Crippen LogP contribution in [0.15, 0.2) is 10.6 Å². The monoisotopic (exact) mass is 295 g/mol. The maximum Gasteiger partial charge on any atom is 0.276 e. The Morgan fingerprint density at radius 2 is 2.33 bits per heavy atom. The molecule has 21 heavy (non-hydrogen) atoms. The second kappa shape index (κ2) is 6.58. The average molecular weight is 295 g/mol. The minimum absolute atomic E-state index is 0.155. The lowest BCUT2D eigenvalue weighted by Gasteiger charge is -2.40. The Hall–Kier alpha value is -1.40. The number of amides is 1. The Morgan fingerprint density at radius 1 is 1.57 bits per heavy atom. The normalized spacial score (nSPS) is 22.8. The molecule has 1 amide bonds. The Bertz CT molecular complexity index is 486. The third-order valence-electron chi connectivity index (χ3n) is 3.73. The average Bonchev–Trinajstić information content (AvgIpc) is 2.85. The number of piperidine rings is 1. The highest BCUT2D eigenvalue weighted by molar-refractivity contribution is 5.92. The van der Waals surface area contributed by atoms with E-state index in [0.29, 0.717) is 25.3 Å². The summed E-state index contributed by atoms with van der Waals surface area (Å²) in [5.41, 5.74) is -0.500. The molecular formula is C15H25N3O3. The number of aromatic nitrogens is 1. The minimum atomic E-state index is -0.840. The Balaban J connectivity index is 2.04. The fourth-order valence-electron chi connectivity index (χ4n) is 2.94. The van der Waals surface area contributed by atoms with Gasteiger partial charge in [0, 0.05) is 25.6 Å². The SMILES string of the molecule is CCCc1cc(C(=O)N2CCC[C@@](O)(CN(C)C)C2)no1. The van der Waals surface area contributed by atoms with Crippen LogP contribution in [-0.2, 0) is 6.42 Å². The zero-order valence-corrected chi connectivity index (χ0v) is 13.1. The van der Waals surface area contributed by atoms with Gasteiger partial charge in [0.1, 0.15) is 5.76 Å². The molecule has 0 spiro atoms. The van der Waals surface area contributed by atoms with Crippen LogP contribution in [-0.4, -0.2) is 65.3 Å². The minimum Gasteiger partial charge on any atom is -0.387 e. The lowest BCUT2D eigenvalue weighted by atomic mass is 9.92. The van der Waals surface area contributed by atoms with Crippen molar-refractivity contribution in [1.82, 2.24) is 15.0 Å². The first-order chi connectivity index (χ1) is 9.93. The van der Waals surface area contributed by atoms with Gasteiger partial charge in [-0.1, -0.05) is 12.1 Å². The molecule has 2 rings (SSSR count). The Labute approximate surface area is 125 Å². The summed E-state index contributed by atoms with van der Waals surface area (Å²) in [6, 6.07) is 1.71. The van der Waals surface area contributed by atoms with Crippen molar-refractivity contribution in [1.29, 1.82) is 0 Å². The highest BCUT2D eigenvalue weighted by atomic mass is 16.5. The largest absolute Gasteiger partial charge is 0.387 e. The van der Waals surface area contributed by atoms with E-state index in [1.54, 1.807) is 11.0 Å². The summed E-state index contributed by atoms with van der Waals surface area (Å²) in [7, 11) is 3.85. The van der Waals surface area contributed by atoms with Crippen molar-refractivity contribution < 1.29 is 14.4 Å². The van der Waals surface area contributed by atoms with Gasteiger partial charge >= 0.3 is 0 Å². The van der Waals surface area contributed by atoms with E-state index < -0.39 is 5.60 Å². The molecule has 1 aromatic heterocycles. The number of likely N-dealkylation sites (N-methyl/N-ethyl adjacent to an activating group) is 1. The van der Waals surface area contributed by atoms with Gasteiger partial charge in [0.15, 0.2) is 5.69 Å². The fraction of sp³-hybridized carbons (Fsp3) is 0.733. The van der Waals surface area contributed by atoms with Crippen molar-refractivity contribution in [2.24, 2.45) is 0 Å². The van der Waals surface area contributed by atoms with E-state index in [2.05, 4.69) is 12.1 Å². The van der Waals surface area contributed by atoms with Crippen LogP contribution in [0.1, 0.15) is 42.4 Å². The first-order valence-electron chi connectivity index (χ1n) is 7.55. The molecule has 1 saturated heterocycles. The van der Waals surface area contributed by atoms with Gasteiger partial charge in [-0.15, -0.1) is 0 Å². The highest BCUT2D eigenvalue weighted by Gasteiger charge is 2.36. The summed E-state index contributed by atoms with van der Waals surface area (Å²) >= 11 is 0. The van der Waals surface area contributed by atoms with Gasteiger partial charge in [-0.3, -0.25) is 4.79 Å². The van der Waals surface area contributed by atoms with Crippen LogP contribution in [0.3, 0.4) is 0 Å². The second-order valence-corrected chi connectivity index (χ2v) is 6.22. The number of carbonyl (C=O) groups excluding carboxylic acids is 1. The van der Waals surface area contributed by atoms with E-state index in [0.717, 1.165) is 31.4 Å². The van der Waals surface area contributed by atoms with Crippen LogP contribution in [0, 0.1) is 0 Å². The number of hydrogen-bond donors (Lipinski definition) is 1. The maximum atomic E-state index is 12.5. The van der Waals surface area contributed by atoms with Crippen molar-refractivity contribution in [2.75, 3.05) is 33.7 Å². The summed E-state index contributed by atoms with van der Waals surface area (Å²) in [6.07, 6.45) is 3.25. The van der Waals surface area contributed by atoms with Gasteiger partial charge in [-0.25, -0.2) is 0 Å². The summed E-state index contributed by atoms with van der Waals surface area (Å²) in [5.74, 6) is 0.583. The van der Waals surface area contributed by atoms with Crippen LogP contribution >= 0.6 is 0 Å². The number of aliphatic hydroxyl groups is 1. The third-order valence-corrected chi connectivity index (χ3v) is 3.73. The topological polar surface area (TPSA) is 69.8 Å². The van der Waals surface area contributed by atoms with Crippen LogP contribution in [0.4, 0.5) is 0 Å². The Kier molecular flexibility index (Phi) is 5.00. The summed E-state index contributed by atoms with van der Waals surface area (Å²) in [6.45, 7) is 3.61. The van der Waals surface area contributed by atoms with E-state index >= 15 is 0 Å². The number of aryl methyl sites for hydroxylation is 1. The summed E-state index contributed by atoms with van der Waals surface area (Å²) in [5, 5.41) is 14.5. The van der Waals surface area contributed by atoms with Crippen molar-refractivity contribution >= 4 is 5.91 Å². The fourth-order valence-corrected chi connectivity index (χ4v) is 2.94. The molecule has 1 fully saturated rings. The predicted molar refractivity (Wildman–Crippen MR) is 79.1 cm³/mol. The zero-order valence-electron chi connectivity index (χ0n) is 13.1. The third kappa shape index (κ3) is 4.04. The van der Waals surface area contributed by atoms with Crippen molar-refractivity contribution in [3.05, 3.63) is 17.5 Å². The number of β-amino-alcohol motifs (C(OH)–C–C–N with tert-alkyl or cyclic N) is 1. The first-order valence-corrected chi connectivity index (χ1v) is 7.55. The predicted octanol–water partition coefficient (Wildman–Crippen LogP) is 1.16. The lowest BCUT2D eigenvalue weighted by Crippen LogP contribution is -2.54.